The molecule has 0 aliphatic carbocycles. The fraction of sp³-hybridized carbons (Fsp3) is 0.612. The molecule has 7 rings (SSSR count). The van der Waals surface area contributed by atoms with Gasteiger partial charge in [0.15, 0.2) is 0 Å². The third-order valence-electron chi connectivity index (χ3n) is 14.6. The zero-order valence-electron chi connectivity index (χ0n) is 36.0. The molecule has 4 fully saturated rings. The topological polar surface area (TPSA) is 37.6 Å². The SMILES string of the molecule is CC(=Nc1c(CCCB2C3CCCC2CCC3)cccc1C(C)C)c1cccc(C(C)=Nc2c(CCCB3C4CCCC3CCC4)cccc2C(C)C)n1.[Cl][Fe][Cl]. The van der Waals surface area contributed by atoms with Crippen LogP contribution in [0, 0.1) is 0 Å². The molecule has 5 heterocycles. The number of pyridine rings is 1. The van der Waals surface area contributed by atoms with Gasteiger partial charge in [-0.2, -0.15) is 0 Å². The Hall–Kier alpha value is -1.84. The Morgan fingerprint density at radius 1 is 0.596 bits per heavy atom. The molecule has 0 spiro atoms. The molecule has 57 heavy (non-hydrogen) atoms. The fourth-order valence-electron chi connectivity index (χ4n) is 11.7. The van der Waals surface area contributed by atoms with Crippen molar-refractivity contribution in [3.05, 3.63) is 88.2 Å². The van der Waals surface area contributed by atoms with Gasteiger partial charge in [-0.05, 0) is 72.9 Å². The average molecular weight is 848 g/mol. The van der Waals surface area contributed by atoms with Crippen molar-refractivity contribution < 1.29 is 13.1 Å². The third kappa shape index (κ3) is 11.7. The van der Waals surface area contributed by atoms with Gasteiger partial charge in [-0.25, -0.2) is 4.98 Å². The molecule has 4 aliphatic rings. The quantitative estimate of drug-likeness (QED) is 0.118. The van der Waals surface area contributed by atoms with Crippen LogP contribution < -0.4 is 0 Å². The van der Waals surface area contributed by atoms with Crippen LogP contribution in [0.2, 0.25) is 35.9 Å². The van der Waals surface area contributed by atoms with E-state index in [1.54, 1.807) is 0 Å². The van der Waals surface area contributed by atoms with E-state index in [0.717, 1.165) is 72.3 Å². The summed E-state index contributed by atoms with van der Waals surface area (Å²) in [6, 6.07) is 20.2. The first-order valence-electron chi connectivity index (χ1n) is 22.9. The standard InChI is InChI=1S/C49H69B2N3.2ClH.Fe/c1-34(2)44-28-7-16-38(18-14-32-50-40-20-9-21-41(50)23-10-22-40)48(44)52-36(5)46-30-13-31-47(54-46)37(6)53-49-39(17-8-29-45(49)35(3)4)19-15-33-51-42-24-11-25-43(51)27-12-26-42;;;/h7-8,13,16-17,28-31,34-35,40-43H,9-12,14-15,18-27,32-33H2,1-6H3;2*1H;/q;;;+2/p-2. The molecule has 4 aliphatic heterocycles. The van der Waals surface area contributed by atoms with Crippen molar-refractivity contribution in [1.82, 2.24) is 4.98 Å². The zero-order chi connectivity index (χ0) is 40.3. The molecule has 0 N–H and O–H groups in total. The van der Waals surface area contributed by atoms with Crippen LogP contribution in [-0.4, -0.2) is 29.8 Å². The Labute approximate surface area is 362 Å². The Kier molecular flexibility index (Phi) is 17.4. The molecular weight excluding hydrogens is 779 g/mol. The predicted octanol–water partition coefficient (Wildman–Crippen LogP) is 16.1. The van der Waals surface area contributed by atoms with Crippen LogP contribution in [0.1, 0.15) is 177 Å². The molecule has 308 valence electrons. The van der Waals surface area contributed by atoms with E-state index in [9.17, 15) is 0 Å². The summed E-state index contributed by atoms with van der Waals surface area (Å²) in [7, 11) is 9.53. The summed E-state index contributed by atoms with van der Waals surface area (Å²) in [4.78, 5) is 16.1. The van der Waals surface area contributed by atoms with E-state index in [4.69, 9.17) is 35.2 Å². The van der Waals surface area contributed by atoms with Crippen molar-refractivity contribution in [2.75, 3.05) is 0 Å². The van der Waals surface area contributed by atoms with Gasteiger partial charge in [0.2, 0.25) is 0 Å². The molecule has 0 amide bonds. The minimum atomic E-state index is 0.194. The number of halogens is 2. The Balaban J connectivity index is 0.00000177. The number of aliphatic imine (C=N–C) groups is 2. The van der Waals surface area contributed by atoms with Crippen molar-refractivity contribution in [1.29, 1.82) is 0 Å². The van der Waals surface area contributed by atoms with Gasteiger partial charge in [0.1, 0.15) is 13.4 Å². The van der Waals surface area contributed by atoms with Gasteiger partial charge < -0.3 is 0 Å². The zero-order valence-corrected chi connectivity index (χ0v) is 38.6. The number of aromatic nitrogens is 1. The van der Waals surface area contributed by atoms with Crippen molar-refractivity contribution in [2.45, 2.75) is 192 Å². The van der Waals surface area contributed by atoms with Crippen molar-refractivity contribution in [3.63, 3.8) is 0 Å². The molecule has 4 bridgehead atoms. The minimum absolute atomic E-state index is 0.194. The van der Waals surface area contributed by atoms with Crippen LogP contribution in [0.3, 0.4) is 0 Å². The van der Waals surface area contributed by atoms with Crippen LogP contribution >= 0.6 is 20.2 Å². The number of benzene rings is 2. The molecule has 8 heteroatoms. The summed E-state index contributed by atoms with van der Waals surface area (Å²) < 4.78 is 0. The summed E-state index contributed by atoms with van der Waals surface area (Å²) in [6.07, 6.45) is 25.2. The van der Waals surface area contributed by atoms with Gasteiger partial charge in [-0.15, -0.1) is 0 Å². The first-order chi connectivity index (χ1) is 27.7. The maximum atomic E-state index is 5.42. The third-order valence-corrected chi connectivity index (χ3v) is 14.6. The van der Waals surface area contributed by atoms with E-state index < -0.39 is 0 Å². The van der Waals surface area contributed by atoms with E-state index in [1.165, 1.54) is 136 Å². The van der Waals surface area contributed by atoms with Crippen molar-refractivity contribution >= 4 is 56.4 Å². The van der Waals surface area contributed by atoms with E-state index >= 15 is 0 Å². The van der Waals surface area contributed by atoms with Crippen LogP contribution in [0.5, 0.6) is 0 Å². The first kappa shape index (κ1) is 44.7. The number of aryl methyl sites for hydroxylation is 2. The van der Waals surface area contributed by atoms with Gasteiger partial charge >= 0.3 is 33.3 Å². The van der Waals surface area contributed by atoms with Crippen LogP contribution in [0.25, 0.3) is 0 Å². The molecule has 4 saturated heterocycles. The molecule has 3 nitrogen and oxygen atoms in total. The molecule has 0 atom stereocenters. The molecule has 2 aromatic carbocycles. The van der Waals surface area contributed by atoms with E-state index in [0.29, 0.717) is 11.8 Å². The predicted molar refractivity (Wildman–Crippen MR) is 249 cm³/mol. The molecule has 0 unspecified atom stereocenters. The van der Waals surface area contributed by atoms with Gasteiger partial charge in [0, 0.05) is 0 Å². The van der Waals surface area contributed by atoms with Gasteiger partial charge in [0.25, 0.3) is 0 Å². The number of para-hydroxylation sites is 2. The first-order valence-corrected chi connectivity index (χ1v) is 25.9. The summed E-state index contributed by atoms with van der Waals surface area (Å²) >= 11 is 0.194. The van der Waals surface area contributed by atoms with Gasteiger partial charge in [-0.3, -0.25) is 9.98 Å². The van der Waals surface area contributed by atoms with Gasteiger partial charge in [-0.1, -0.05) is 196 Å². The van der Waals surface area contributed by atoms with Crippen LogP contribution in [-0.2, 0) is 26.0 Å². The summed E-state index contributed by atoms with van der Waals surface area (Å²) in [6.45, 7) is 15.4. The number of hydrogen-bond donors (Lipinski definition) is 0. The Morgan fingerprint density at radius 2 is 0.930 bits per heavy atom. The summed E-state index contributed by atoms with van der Waals surface area (Å²) in [5.41, 5.74) is 11.7. The number of hydrogen-bond acceptors (Lipinski definition) is 3. The second-order valence-corrected chi connectivity index (χ2v) is 20.6. The summed E-state index contributed by atoms with van der Waals surface area (Å²) in [5, 5.41) is 0. The van der Waals surface area contributed by atoms with E-state index in [2.05, 4.69) is 96.1 Å². The second kappa shape index (κ2) is 22.1. The second-order valence-electron chi connectivity index (χ2n) is 18.7. The average Bonchev–Trinajstić information content (AvgIpc) is 3.19. The monoisotopic (exact) mass is 847 g/mol. The van der Waals surface area contributed by atoms with E-state index in [1.807, 2.05) is 0 Å². The van der Waals surface area contributed by atoms with Crippen molar-refractivity contribution in [2.24, 2.45) is 9.98 Å². The Bertz CT molecular complexity index is 1640. The molecule has 0 saturated carbocycles. The number of fused-ring (bicyclic) bond motifs is 4. The maximum absolute atomic E-state index is 5.42. The molecule has 3 aromatic rings. The molecule has 0 radical (unpaired) electrons. The molecular formula is C49H69B2Cl2FeN3. The normalized spacial score (nSPS) is 22.6. The molecule has 1 aromatic heterocycles. The number of nitrogens with zero attached hydrogens (tertiary/aromatic N) is 3. The van der Waals surface area contributed by atoms with Crippen LogP contribution in [0.4, 0.5) is 11.4 Å². The number of rotatable bonds is 14. The van der Waals surface area contributed by atoms with Gasteiger partial charge in [0.05, 0.1) is 34.2 Å². The van der Waals surface area contributed by atoms with E-state index in [-0.39, 0.29) is 13.1 Å². The Morgan fingerprint density at radius 3 is 1.26 bits per heavy atom. The van der Waals surface area contributed by atoms with Crippen LogP contribution in [0.15, 0.2) is 64.6 Å². The fourth-order valence-corrected chi connectivity index (χ4v) is 11.7. The van der Waals surface area contributed by atoms with Crippen molar-refractivity contribution in [3.8, 4) is 0 Å². The summed E-state index contributed by atoms with van der Waals surface area (Å²) in [5.74, 6) is 4.78.